The van der Waals surface area contributed by atoms with Crippen molar-refractivity contribution in [1.82, 2.24) is 0 Å². The van der Waals surface area contributed by atoms with Crippen LogP contribution < -0.4 is 0 Å². The second kappa shape index (κ2) is 8.70. The summed E-state index contributed by atoms with van der Waals surface area (Å²) < 4.78 is 0. The molecule has 2 N–H and O–H groups in total. The topological polar surface area (TPSA) is 40.5 Å². The quantitative estimate of drug-likeness (QED) is 0.703. The summed E-state index contributed by atoms with van der Waals surface area (Å²) in [6, 6.07) is 22.9. The Morgan fingerprint density at radius 3 is 1.27 bits per heavy atom. The molecule has 0 radical (unpaired) electrons. The van der Waals surface area contributed by atoms with Gasteiger partial charge in [0.05, 0.1) is 13.2 Å². The van der Waals surface area contributed by atoms with Crippen LogP contribution in [0.4, 0.5) is 0 Å². The van der Waals surface area contributed by atoms with Crippen molar-refractivity contribution in [2.24, 2.45) is 0 Å². The molecule has 0 saturated heterocycles. The number of rotatable bonds is 2. The van der Waals surface area contributed by atoms with E-state index in [9.17, 15) is 10.2 Å². The predicted molar refractivity (Wildman–Crippen MR) is 103 cm³/mol. The Labute approximate surface area is 153 Å². The monoisotopic (exact) mass is 338 g/mol. The zero-order valence-corrected chi connectivity index (χ0v) is 14.2. The number of hydrogen-bond acceptors (Lipinski definition) is 2. The van der Waals surface area contributed by atoms with Crippen LogP contribution in [0.2, 0.25) is 0 Å². The molecular formula is C24H18O2. The standard InChI is InChI=1S/C24H18O2/c25-17-23-16-22(14-12-20-9-5-2-6-10-20)24(18-26)15-21(23)13-11-19-7-3-1-4-8-19/h1-10,15-16,25-26H,17-18H2. The summed E-state index contributed by atoms with van der Waals surface area (Å²) in [6.45, 7) is -0.269. The summed E-state index contributed by atoms with van der Waals surface area (Å²) in [6.07, 6.45) is 0. The van der Waals surface area contributed by atoms with Gasteiger partial charge in [0.25, 0.3) is 0 Å². The average molecular weight is 338 g/mol. The molecule has 0 amide bonds. The maximum absolute atomic E-state index is 9.71. The minimum atomic E-state index is -0.134. The number of aliphatic hydroxyl groups excluding tert-OH is 2. The van der Waals surface area contributed by atoms with E-state index in [0.717, 1.165) is 11.1 Å². The van der Waals surface area contributed by atoms with Gasteiger partial charge < -0.3 is 10.2 Å². The lowest BCUT2D eigenvalue weighted by atomic mass is 9.98. The van der Waals surface area contributed by atoms with Crippen LogP contribution >= 0.6 is 0 Å². The fourth-order valence-electron chi connectivity index (χ4n) is 2.51. The van der Waals surface area contributed by atoms with Gasteiger partial charge in [-0.2, -0.15) is 0 Å². The highest BCUT2D eigenvalue weighted by Gasteiger charge is 2.06. The molecule has 2 heteroatoms. The number of benzene rings is 3. The molecule has 0 spiro atoms. The Morgan fingerprint density at radius 1 is 0.538 bits per heavy atom. The molecule has 0 bridgehead atoms. The SMILES string of the molecule is OCc1cc(C#Cc2ccccc2)c(CO)cc1C#Cc1ccccc1. The first kappa shape index (κ1) is 17.5. The summed E-state index contributed by atoms with van der Waals surface area (Å²) in [5, 5.41) is 19.4. The zero-order valence-electron chi connectivity index (χ0n) is 14.2. The Hall–Kier alpha value is -3.30. The molecule has 0 unspecified atom stereocenters. The van der Waals surface area contributed by atoms with Gasteiger partial charge in [-0.15, -0.1) is 0 Å². The van der Waals surface area contributed by atoms with Gasteiger partial charge in [-0.25, -0.2) is 0 Å². The number of hydrogen-bond donors (Lipinski definition) is 2. The van der Waals surface area contributed by atoms with Crippen molar-refractivity contribution in [2.75, 3.05) is 0 Å². The van der Waals surface area contributed by atoms with Crippen molar-refractivity contribution in [3.8, 4) is 23.7 Å². The fraction of sp³-hybridized carbons (Fsp3) is 0.0833. The maximum Gasteiger partial charge on any atom is 0.0694 e. The molecule has 0 saturated carbocycles. The first-order valence-corrected chi connectivity index (χ1v) is 8.32. The summed E-state index contributed by atoms with van der Waals surface area (Å²) in [7, 11) is 0. The van der Waals surface area contributed by atoms with Crippen molar-refractivity contribution in [2.45, 2.75) is 13.2 Å². The molecule has 3 aromatic carbocycles. The van der Waals surface area contributed by atoms with Crippen LogP contribution in [-0.2, 0) is 13.2 Å². The van der Waals surface area contributed by atoms with Gasteiger partial charge in [0.1, 0.15) is 0 Å². The van der Waals surface area contributed by atoms with E-state index in [0.29, 0.717) is 22.3 Å². The third kappa shape index (κ3) is 4.41. The van der Waals surface area contributed by atoms with Crippen molar-refractivity contribution >= 4 is 0 Å². The van der Waals surface area contributed by atoms with Crippen LogP contribution in [0, 0.1) is 23.7 Å². The molecule has 3 aromatic rings. The van der Waals surface area contributed by atoms with E-state index in [1.807, 2.05) is 60.7 Å². The van der Waals surface area contributed by atoms with E-state index in [2.05, 4.69) is 23.7 Å². The normalized spacial score (nSPS) is 9.62. The lowest BCUT2D eigenvalue weighted by Gasteiger charge is -2.07. The largest absolute Gasteiger partial charge is 0.392 e. The summed E-state index contributed by atoms with van der Waals surface area (Å²) in [5.41, 5.74) is 4.59. The van der Waals surface area contributed by atoms with Crippen LogP contribution in [0.5, 0.6) is 0 Å². The highest BCUT2D eigenvalue weighted by atomic mass is 16.3. The van der Waals surface area contributed by atoms with Crippen molar-refractivity contribution in [1.29, 1.82) is 0 Å². The summed E-state index contributed by atoms with van der Waals surface area (Å²) in [5.74, 6) is 12.3. The smallest absolute Gasteiger partial charge is 0.0694 e. The van der Waals surface area contributed by atoms with E-state index < -0.39 is 0 Å². The van der Waals surface area contributed by atoms with Crippen LogP contribution in [0.1, 0.15) is 33.4 Å². The first-order chi connectivity index (χ1) is 12.8. The molecule has 126 valence electrons. The molecule has 0 heterocycles. The third-order valence-corrected chi connectivity index (χ3v) is 3.90. The fourth-order valence-corrected chi connectivity index (χ4v) is 2.51. The van der Waals surface area contributed by atoms with Crippen molar-refractivity contribution in [3.63, 3.8) is 0 Å². The van der Waals surface area contributed by atoms with Gasteiger partial charge >= 0.3 is 0 Å². The van der Waals surface area contributed by atoms with E-state index in [4.69, 9.17) is 0 Å². The Bertz CT molecular complexity index is 913. The van der Waals surface area contributed by atoms with Gasteiger partial charge in [-0.1, -0.05) is 60.1 Å². The van der Waals surface area contributed by atoms with Crippen molar-refractivity contribution < 1.29 is 10.2 Å². The van der Waals surface area contributed by atoms with Gasteiger partial charge in [-0.05, 0) is 47.5 Å². The third-order valence-electron chi connectivity index (χ3n) is 3.90. The van der Waals surface area contributed by atoms with Gasteiger partial charge in [-0.3, -0.25) is 0 Å². The number of aliphatic hydroxyl groups is 2. The Kier molecular flexibility index (Phi) is 5.86. The minimum Gasteiger partial charge on any atom is -0.392 e. The highest BCUT2D eigenvalue weighted by molar-refractivity contribution is 5.55. The van der Waals surface area contributed by atoms with E-state index >= 15 is 0 Å². The second-order valence-corrected chi connectivity index (χ2v) is 5.71. The molecule has 0 aliphatic carbocycles. The molecule has 0 atom stereocenters. The Morgan fingerprint density at radius 2 is 0.923 bits per heavy atom. The molecule has 0 fully saturated rings. The van der Waals surface area contributed by atoms with Gasteiger partial charge in [0, 0.05) is 22.3 Å². The van der Waals surface area contributed by atoms with Crippen LogP contribution in [0.3, 0.4) is 0 Å². The lowest BCUT2D eigenvalue weighted by Crippen LogP contribution is -1.98. The summed E-state index contributed by atoms with van der Waals surface area (Å²) >= 11 is 0. The first-order valence-electron chi connectivity index (χ1n) is 8.32. The molecule has 0 aromatic heterocycles. The zero-order chi connectivity index (χ0) is 18.2. The summed E-state index contributed by atoms with van der Waals surface area (Å²) in [4.78, 5) is 0. The van der Waals surface area contributed by atoms with Crippen LogP contribution in [0.25, 0.3) is 0 Å². The molecule has 0 aliphatic rings. The van der Waals surface area contributed by atoms with Gasteiger partial charge in [0.2, 0.25) is 0 Å². The predicted octanol–water partition coefficient (Wildman–Crippen LogP) is 3.47. The van der Waals surface area contributed by atoms with Gasteiger partial charge in [0.15, 0.2) is 0 Å². The molecular weight excluding hydrogens is 320 g/mol. The molecule has 2 nitrogen and oxygen atoms in total. The Balaban J connectivity index is 1.99. The minimum absolute atomic E-state index is 0.134. The second-order valence-electron chi connectivity index (χ2n) is 5.71. The van der Waals surface area contributed by atoms with Crippen molar-refractivity contribution in [3.05, 3.63) is 106 Å². The van der Waals surface area contributed by atoms with E-state index in [1.54, 1.807) is 12.1 Å². The molecule has 26 heavy (non-hydrogen) atoms. The molecule has 3 rings (SSSR count). The van der Waals surface area contributed by atoms with E-state index in [-0.39, 0.29) is 13.2 Å². The lowest BCUT2D eigenvalue weighted by molar-refractivity contribution is 0.277. The highest BCUT2D eigenvalue weighted by Crippen LogP contribution is 2.17. The molecule has 0 aliphatic heterocycles. The van der Waals surface area contributed by atoms with Crippen LogP contribution in [-0.4, -0.2) is 10.2 Å². The average Bonchev–Trinajstić information content (AvgIpc) is 2.72. The maximum atomic E-state index is 9.71. The van der Waals surface area contributed by atoms with E-state index in [1.165, 1.54) is 0 Å². The van der Waals surface area contributed by atoms with Crippen LogP contribution in [0.15, 0.2) is 72.8 Å².